The van der Waals surface area contributed by atoms with Crippen molar-refractivity contribution >= 4 is 43.7 Å². The SMILES string of the molecule is Br.NC1=NCSS1. The van der Waals surface area contributed by atoms with Crippen molar-refractivity contribution in [3.63, 3.8) is 0 Å². The van der Waals surface area contributed by atoms with Crippen molar-refractivity contribution in [1.82, 2.24) is 0 Å². The van der Waals surface area contributed by atoms with E-state index in [-0.39, 0.29) is 17.0 Å². The number of rotatable bonds is 0. The van der Waals surface area contributed by atoms with Gasteiger partial charge in [0, 0.05) is 0 Å². The molecule has 1 aliphatic rings. The van der Waals surface area contributed by atoms with Gasteiger partial charge in [0.25, 0.3) is 0 Å². The highest BCUT2D eigenvalue weighted by molar-refractivity contribution is 8.93. The van der Waals surface area contributed by atoms with Gasteiger partial charge in [0.15, 0.2) is 5.17 Å². The molecule has 0 unspecified atom stereocenters. The molecule has 0 spiro atoms. The molecule has 0 saturated carbocycles. The Morgan fingerprint density at radius 1 is 1.71 bits per heavy atom. The van der Waals surface area contributed by atoms with E-state index in [4.69, 9.17) is 5.73 Å². The minimum atomic E-state index is 0. The Balaban J connectivity index is 0.000000360. The highest BCUT2D eigenvalue weighted by Crippen LogP contribution is 2.26. The first kappa shape index (κ1) is 7.65. The van der Waals surface area contributed by atoms with E-state index in [1.807, 2.05) is 0 Å². The predicted octanol–water partition coefficient (Wildman–Crippen LogP) is 1.23. The van der Waals surface area contributed by atoms with Crippen LogP contribution >= 0.6 is 38.6 Å². The monoisotopic (exact) mass is 200 g/mol. The molecule has 0 aromatic rings. The molecule has 0 radical (unpaired) electrons. The van der Waals surface area contributed by atoms with Gasteiger partial charge in [0.05, 0.1) is 5.88 Å². The van der Waals surface area contributed by atoms with Crippen molar-refractivity contribution < 1.29 is 0 Å². The van der Waals surface area contributed by atoms with Crippen LogP contribution in [0.4, 0.5) is 0 Å². The molecule has 0 aliphatic carbocycles. The molecule has 0 atom stereocenters. The van der Waals surface area contributed by atoms with Crippen LogP contribution in [-0.4, -0.2) is 11.0 Å². The lowest BCUT2D eigenvalue weighted by atomic mass is 11.2. The first-order valence-electron chi connectivity index (χ1n) is 1.49. The van der Waals surface area contributed by atoms with E-state index in [0.29, 0.717) is 5.17 Å². The van der Waals surface area contributed by atoms with Crippen LogP contribution in [0.3, 0.4) is 0 Å². The van der Waals surface area contributed by atoms with Gasteiger partial charge in [0.1, 0.15) is 0 Å². The Kier molecular flexibility index (Phi) is 3.96. The number of aliphatic imine (C=N–C) groups is 1. The summed E-state index contributed by atoms with van der Waals surface area (Å²) in [6.07, 6.45) is 0. The van der Waals surface area contributed by atoms with E-state index in [0.717, 1.165) is 5.88 Å². The zero-order valence-corrected chi connectivity index (χ0v) is 6.80. The Bertz CT molecular complexity index is 83.8. The topological polar surface area (TPSA) is 38.4 Å². The second-order valence-corrected chi connectivity index (χ2v) is 3.11. The summed E-state index contributed by atoms with van der Waals surface area (Å²) in [4.78, 5) is 3.86. The van der Waals surface area contributed by atoms with Crippen molar-refractivity contribution in [2.45, 2.75) is 0 Å². The second-order valence-electron chi connectivity index (χ2n) is 0.827. The van der Waals surface area contributed by atoms with Gasteiger partial charge in [-0.15, -0.1) is 17.0 Å². The number of nitrogens with two attached hydrogens (primary N) is 1. The van der Waals surface area contributed by atoms with E-state index in [2.05, 4.69) is 4.99 Å². The minimum Gasteiger partial charge on any atom is -0.378 e. The summed E-state index contributed by atoms with van der Waals surface area (Å²) in [5, 5.41) is 0.708. The van der Waals surface area contributed by atoms with E-state index < -0.39 is 0 Å². The Morgan fingerprint density at radius 2 is 2.43 bits per heavy atom. The molecule has 0 fully saturated rings. The number of hydrogen-bond acceptors (Lipinski definition) is 4. The standard InChI is InChI=1S/C2H4N2S2.BrH/c3-2-4-1-5-6-2;/h1H2,(H2,3,4);1H. The molecule has 0 aromatic carbocycles. The highest BCUT2D eigenvalue weighted by Gasteiger charge is 1.99. The zero-order chi connectivity index (χ0) is 4.41. The van der Waals surface area contributed by atoms with Crippen LogP contribution in [0.25, 0.3) is 0 Å². The summed E-state index contributed by atoms with van der Waals surface area (Å²) in [5.41, 5.74) is 5.23. The van der Waals surface area contributed by atoms with Gasteiger partial charge in [-0.1, -0.05) is 10.8 Å². The van der Waals surface area contributed by atoms with Crippen LogP contribution in [0.2, 0.25) is 0 Å². The number of amidine groups is 1. The van der Waals surface area contributed by atoms with Gasteiger partial charge < -0.3 is 5.73 Å². The molecular weight excluding hydrogens is 196 g/mol. The van der Waals surface area contributed by atoms with Crippen molar-refractivity contribution in [2.24, 2.45) is 10.7 Å². The van der Waals surface area contributed by atoms with Gasteiger partial charge in [-0.05, 0) is 10.8 Å². The third-order valence-electron chi connectivity index (χ3n) is 0.417. The quantitative estimate of drug-likeness (QED) is 0.599. The number of halogens is 1. The largest absolute Gasteiger partial charge is 0.378 e. The highest BCUT2D eigenvalue weighted by atomic mass is 79.9. The summed E-state index contributed by atoms with van der Waals surface area (Å²) in [6, 6.07) is 0. The summed E-state index contributed by atoms with van der Waals surface area (Å²) >= 11 is 0. The molecule has 42 valence electrons. The third kappa shape index (κ3) is 2.46. The Labute approximate surface area is 60.5 Å². The number of hydrogen-bond donors (Lipinski definition) is 1. The first-order chi connectivity index (χ1) is 2.89. The van der Waals surface area contributed by atoms with E-state index in [1.165, 1.54) is 0 Å². The summed E-state index contributed by atoms with van der Waals surface area (Å²) in [5.74, 6) is 0.830. The van der Waals surface area contributed by atoms with Crippen LogP contribution in [0.1, 0.15) is 0 Å². The lowest BCUT2D eigenvalue weighted by molar-refractivity contribution is 1.39. The van der Waals surface area contributed by atoms with Gasteiger partial charge in [0.2, 0.25) is 0 Å². The minimum absolute atomic E-state index is 0. The maximum Gasteiger partial charge on any atom is 0.165 e. The lowest BCUT2D eigenvalue weighted by Crippen LogP contribution is -2.00. The van der Waals surface area contributed by atoms with Crippen LogP contribution < -0.4 is 5.73 Å². The maximum absolute atomic E-state index is 5.23. The zero-order valence-electron chi connectivity index (χ0n) is 3.46. The summed E-state index contributed by atoms with van der Waals surface area (Å²) < 4.78 is 0. The fourth-order valence-corrected chi connectivity index (χ4v) is 1.60. The fourth-order valence-electron chi connectivity index (χ4n) is 0.203. The molecule has 0 saturated heterocycles. The van der Waals surface area contributed by atoms with Gasteiger partial charge in [-0.25, -0.2) is 0 Å². The molecule has 0 amide bonds. The van der Waals surface area contributed by atoms with Crippen molar-refractivity contribution in [1.29, 1.82) is 0 Å². The molecule has 7 heavy (non-hydrogen) atoms. The third-order valence-corrected chi connectivity index (χ3v) is 2.25. The second kappa shape index (κ2) is 3.63. The van der Waals surface area contributed by atoms with E-state index in [9.17, 15) is 0 Å². The van der Waals surface area contributed by atoms with Crippen molar-refractivity contribution in [3.8, 4) is 0 Å². The normalized spacial score (nSPS) is 18.0. The van der Waals surface area contributed by atoms with Gasteiger partial charge >= 0.3 is 0 Å². The van der Waals surface area contributed by atoms with Gasteiger partial charge in [-0.3, -0.25) is 4.99 Å². The van der Waals surface area contributed by atoms with E-state index in [1.54, 1.807) is 21.6 Å². The van der Waals surface area contributed by atoms with Crippen LogP contribution in [-0.2, 0) is 0 Å². The van der Waals surface area contributed by atoms with Crippen molar-refractivity contribution in [3.05, 3.63) is 0 Å². The first-order valence-corrected chi connectivity index (χ1v) is 3.81. The Morgan fingerprint density at radius 3 is 2.57 bits per heavy atom. The molecule has 1 heterocycles. The summed E-state index contributed by atoms with van der Waals surface area (Å²) in [7, 11) is 3.21. The van der Waals surface area contributed by atoms with Crippen LogP contribution in [0, 0.1) is 0 Å². The number of nitrogens with zero attached hydrogens (tertiary/aromatic N) is 1. The van der Waals surface area contributed by atoms with Crippen LogP contribution in [0.5, 0.6) is 0 Å². The molecule has 0 aromatic heterocycles. The molecule has 5 heteroatoms. The van der Waals surface area contributed by atoms with Crippen LogP contribution in [0.15, 0.2) is 4.99 Å². The predicted molar refractivity (Wildman–Crippen MR) is 42.0 cm³/mol. The van der Waals surface area contributed by atoms with Gasteiger partial charge in [-0.2, -0.15) is 0 Å². The molecule has 2 nitrogen and oxygen atoms in total. The average molecular weight is 201 g/mol. The molecule has 1 rings (SSSR count). The summed E-state index contributed by atoms with van der Waals surface area (Å²) in [6.45, 7) is 0. The van der Waals surface area contributed by atoms with Crippen molar-refractivity contribution in [2.75, 3.05) is 5.88 Å². The fraction of sp³-hybridized carbons (Fsp3) is 0.500. The molecule has 0 bridgehead atoms. The molecule has 2 N–H and O–H groups in total. The Hall–Kier alpha value is 0.650. The maximum atomic E-state index is 5.23. The molecule has 1 aliphatic heterocycles. The average Bonchev–Trinajstić information content (AvgIpc) is 1.86. The van der Waals surface area contributed by atoms with E-state index >= 15 is 0 Å². The lowest BCUT2D eigenvalue weighted by Gasteiger charge is -1.76. The smallest absolute Gasteiger partial charge is 0.165 e. The molecular formula is C2H5BrN2S2.